The maximum Gasteiger partial charge on any atom is 0.259 e. The predicted octanol–water partition coefficient (Wildman–Crippen LogP) is 3.23. The van der Waals surface area contributed by atoms with Gasteiger partial charge in [0.15, 0.2) is 0 Å². The van der Waals surface area contributed by atoms with E-state index in [1.54, 1.807) is 12.3 Å². The number of fused-ring (bicyclic) bond motifs is 2. The highest BCUT2D eigenvalue weighted by atomic mass is 16.3. The Morgan fingerprint density at radius 3 is 2.88 bits per heavy atom. The smallest absolute Gasteiger partial charge is 0.259 e. The number of benzene rings is 2. The van der Waals surface area contributed by atoms with Crippen LogP contribution in [0.15, 0.2) is 57.9 Å². The van der Waals surface area contributed by atoms with E-state index in [4.69, 9.17) is 10.2 Å². The number of nitrogens with zero attached hydrogens (tertiary/aromatic N) is 1. The fraction of sp³-hybridized carbons (Fsp3) is 0.158. The lowest BCUT2D eigenvalue weighted by Crippen LogP contribution is -2.09. The first-order valence-corrected chi connectivity index (χ1v) is 7.96. The number of aromatic amines is 1. The minimum Gasteiger partial charge on any atom is -0.468 e. The summed E-state index contributed by atoms with van der Waals surface area (Å²) in [5, 5.41) is 2.67. The van der Waals surface area contributed by atoms with Gasteiger partial charge in [0.25, 0.3) is 5.56 Å². The second kappa shape index (κ2) is 5.94. The Morgan fingerprint density at radius 1 is 1.12 bits per heavy atom. The molecule has 0 aliphatic carbocycles. The summed E-state index contributed by atoms with van der Waals surface area (Å²) in [6, 6.07) is 13.3. The highest BCUT2D eigenvalue weighted by molar-refractivity contribution is 5.88. The van der Waals surface area contributed by atoms with Crippen LogP contribution in [0.3, 0.4) is 0 Å². The van der Waals surface area contributed by atoms with Crippen LogP contribution in [-0.2, 0) is 6.42 Å². The molecule has 2 aromatic heterocycles. The van der Waals surface area contributed by atoms with E-state index in [1.807, 2.05) is 36.4 Å². The minimum atomic E-state index is -0.133. The molecule has 0 saturated heterocycles. The van der Waals surface area contributed by atoms with Crippen molar-refractivity contribution >= 4 is 21.7 Å². The fourth-order valence-corrected chi connectivity index (χ4v) is 2.93. The summed E-state index contributed by atoms with van der Waals surface area (Å²) in [4.78, 5) is 19.7. The van der Waals surface area contributed by atoms with E-state index in [2.05, 4.69) is 9.97 Å². The molecule has 0 bridgehead atoms. The van der Waals surface area contributed by atoms with Crippen molar-refractivity contribution in [2.75, 3.05) is 6.54 Å². The van der Waals surface area contributed by atoms with E-state index in [0.29, 0.717) is 23.3 Å². The number of hydrogen-bond acceptors (Lipinski definition) is 4. The molecule has 5 heteroatoms. The standard InChI is InChI=1S/C19H17N3O2/c20-9-3-6-17-15-10-12(7-8-13(15)11-24-17)18-21-16-5-2-1-4-14(16)19(23)22-18/h1-2,4-5,7-8,10-11H,3,6,9,20H2,(H,21,22,23). The van der Waals surface area contributed by atoms with Gasteiger partial charge in [0.2, 0.25) is 0 Å². The van der Waals surface area contributed by atoms with Crippen LogP contribution in [-0.4, -0.2) is 16.5 Å². The average molecular weight is 319 g/mol. The van der Waals surface area contributed by atoms with Gasteiger partial charge in [-0.3, -0.25) is 4.79 Å². The lowest BCUT2D eigenvalue weighted by molar-refractivity contribution is 0.509. The molecule has 24 heavy (non-hydrogen) atoms. The van der Waals surface area contributed by atoms with Crippen molar-refractivity contribution in [3.63, 3.8) is 0 Å². The third-order valence-corrected chi connectivity index (χ3v) is 4.18. The molecule has 4 rings (SSSR count). The van der Waals surface area contributed by atoms with Crippen molar-refractivity contribution in [3.05, 3.63) is 64.8 Å². The van der Waals surface area contributed by atoms with Crippen LogP contribution in [0.4, 0.5) is 0 Å². The van der Waals surface area contributed by atoms with Crippen molar-refractivity contribution in [3.8, 4) is 11.4 Å². The Kier molecular flexibility index (Phi) is 3.63. The summed E-state index contributed by atoms with van der Waals surface area (Å²) in [5.41, 5.74) is 7.00. The molecular formula is C19H17N3O2. The summed E-state index contributed by atoms with van der Waals surface area (Å²) in [6.45, 7) is 0.626. The summed E-state index contributed by atoms with van der Waals surface area (Å²) >= 11 is 0. The molecule has 0 spiro atoms. The summed E-state index contributed by atoms with van der Waals surface area (Å²) in [5.74, 6) is 1.48. The highest BCUT2D eigenvalue weighted by Crippen LogP contribution is 2.27. The van der Waals surface area contributed by atoms with E-state index in [9.17, 15) is 4.79 Å². The van der Waals surface area contributed by atoms with Crippen LogP contribution in [0.25, 0.3) is 33.1 Å². The van der Waals surface area contributed by atoms with Gasteiger partial charge in [-0.1, -0.05) is 24.3 Å². The maximum absolute atomic E-state index is 12.3. The van der Waals surface area contributed by atoms with E-state index in [-0.39, 0.29) is 5.56 Å². The van der Waals surface area contributed by atoms with E-state index >= 15 is 0 Å². The highest BCUT2D eigenvalue weighted by Gasteiger charge is 2.10. The number of H-pyrrole nitrogens is 1. The number of rotatable bonds is 4. The van der Waals surface area contributed by atoms with Crippen LogP contribution in [0.1, 0.15) is 12.2 Å². The van der Waals surface area contributed by atoms with Gasteiger partial charge in [0.05, 0.1) is 17.2 Å². The Morgan fingerprint density at radius 2 is 2.00 bits per heavy atom. The molecule has 0 atom stereocenters. The van der Waals surface area contributed by atoms with Crippen molar-refractivity contribution in [2.24, 2.45) is 5.73 Å². The molecular weight excluding hydrogens is 302 g/mol. The lowest BCUT2D eigenvalue weighted by atomic mass is 10.1. The number of nitrogens with two attached hydrogens (primary N) is 1. The third kappa shape index (κ3) is 2.49. The Hall–Kier alpha value is -2.92. The molecule has 5 nitrogen and oxygen atoms in total. The van der Waals surface area contributed by atoms with Crippen molar-refractivity contribution in [1.29, 1.82) is 0 Å². The number of hydrogen-bond donors (Lipinski definition) is 2. The first-order chi connectivity index (χ1) is 11.8. The molecule has 0 amide bonds. The normalized spacial score (nSPS) is 11.4. The van der Waals surface area contributed by atoms with Gasteiger partial charge in [-0.2, -0.15) is 0 Å². The zero-order valence-corrected chi connectivity index (χ0v) is 13.1. The second-order valence-electron chi connectivity index (χ2n) is 5.78. The fourth-order valence-electron chi connectivity index (χ4n) is 2.93. The van der Waals surface area contributed by atoms with Gasteiger partial charge in [0.1, 0.15) is 11.6 Å². The van der Waals surface area contributed by atoms with Crippen LogP contribution in [0.2, 0.25) is 0 Å². The number of aromatic nitrogens is 2. The Bertz CT molecular complexity index is 1080. The minimum absolute atomic E-state index is 0.133. The molecule has 0 unspecified atom stereocenters. The van der Waals surface area contributed by atoms with Crippen LogP contribution < -0.4 is 11.3 Å². The molecule has 0 aliphatic rings. The number of furan rings is 1. The molecule has 120 valence electrons. The zero-order valence-electron chi connectivity index (χ0n) is 13.1. The summed E-state index contributed by atoms with van der Waals surface area (Å²) in [6.07, 6.45) is 3.42. The SMILES string of the molecule is NCCCc1occ2ccc(-c3nc4ccccc4c(=O)[nH]3)cc12. The molecule has 0 radical (unpaired) electrons. The zero-order chi connectivity index (χ0) is 16.5. The molecule has 2 aromatic carbocycles. The predicted molar refractivity (Wildman–Crippen MR) is 94.9 cm³/mol. The van der Waals surface area contributed by atoms with Crippen LogP contribution in [0.5, 0.6) is 0 Å². The molecule has 0 aliphatic heterocycles. The molecule has 0 saturated carbocycles. The number of para-hydroxylation sites is 1. The largest absolute Gasteiger partial charge is 0.468 e. The van der Waals surface area contributed by atoms with Gasteiger partial charge in [-0.15, -0.1) is 0 Å². The number of nitrogens with one attached hydrogen (secondary N) is 1. The van der Waals surface area contributed by atoms with E-state index < -0.39 is 0 Å². The molecule has 0 fully saturated rings. The molecule has 3 N–H and O–H groups in total. The van der Waals surface area contributed by atoms with Crippen molar-refractivity contribution in [1.82, 2.24) is 9.97 Å². The number of aryl methyl sites for hydroxylation is 1. The first-order valence-electron chi connectivity index (χ1n) is 7.96. The van der Waals surface area contributed by atoms with Crippen molar-refractivity contribution < 1.29 is 4.42 Å². The monoisotopic (exact) mass is 319 g/mol. The maximum atomic E-state index is 12.3. The Balaban J connectivity index is 1.85. The third-order valence-electron chi connectivity index (χ3n) is 4.18. The van der Waals surface area contributed by atoms with Gasteiger partial charge >= 0.3 is 0 Å². The summed E-state index contributed by atoms with van der Waals surface area (Å²) in [7, 11) is 0. The molecule has 4 aromatic rings. The molecule has 2 heterocycles. The van der Waals surface area contributed by atoms with E-state index in [0.717, 1.165) is 34.9 Å². The van der Waals surface area contributed by atoms with Gasteiger partial charge in [0, 0.05) is 22.8 Å². The van der Waals surface area contributed by atoms with Crippen LogP contribution >= 0.6 is 0 Å². The van der Waals surface area contributed by atoms with Gasteiger partial charge < -0.3 is 15.1 Å². The topological polar surface area (TPSA) is 84.9 Å². The van der Waals surface area contributed by atoms with Gasteiger partial charge in [-0.05, 0) is 31.2 Å². The van der Waals surface area contributed by atoms with Crippen LogP contribution in [0, 0.1) is 0 Å². The van der Waals surface area contributed by atoms with E-state index in [1.165, 1.54) is 0 Å². The quantitative estimate of drug-likeness (QED) is 0.605. The lowest BCUT2D eigenvalue weighted by Gasteiger charge is -2.04. The Labute approximate surface area is 138 Å². The van der Waals surface area contributed by atoms with Gasteiger partial charge in [-0.25, -0.2) is 4.98 Å². The summed E-state index contributed by atoms with van der Waals surface area (Å²) < 4.78 is 5.65. The second-order valence-corrected chi connectivity index (χ2v) is 5.78. The average Bonchev–Trinajstić information content (AvgIpc) is 3.02. The first kappa shape index (κ1) is 14.7. The van der Waals surface area contributed by atoms with Crippen molar-refractivity contribution in [2.45, 2.75) is 12.8 Å².